The molecular weight excluding hydrogens is 372 g/mol. The fourth-order valence-electron chi connectivity index (χ4n) is 2.26. The summed E-state index contributed by atoms with van der Waals surface area (Å²) in [7, 11) is -0.217. The molecule has 1 saturated heterocycles. The van der Waals surface area contributed by atoms with E-state index < -0.39 is 10.0 Å². The molecule has 2 heterocycles. The highest BCUT2D eigenvalue weighted by Crippen LogP contribution is 2.24. The fourth-order valence-corrected chi connectivity index (χ4v) is 3.03. The Kier molecular flexibility index (Phi) is 6.58. The minimum Gasteiger partial charge on any atom is -0.474 e. The van der Waals surface area contributed by atoms with Crippen LogP contribution < -0.4 is 9.88 Å². The van der Waals surface area contributed by atoms with Gasteiger partial charge in [-0.1, -0.05) is 11.6 Å². The molecule has 0 radical (unpaired) electrons. The molecule has 0 spiro atoms. The van der Waals surface area contributed by atoms with Gasteiger partial charge >= 0.3 is 0 Å². The first-order valence-corrected chi connectivity index (χ1v) is 9.44. The van der Waals surface area contributed by atoms with Gasteiger partial charge in [0, 0.05) is 6.54 Å². The first kappa shape index (κ1) is 19.9. The molecule has 2 N–H and O–H groups in total. The summed E-state index contributed by atoms with van der Waals surface area (Å²) in [5, 5.41) is 5.05. The smallest absolute Gasteiger partial charge is 0.239 e. The van der Waals surface area contributed by atoms with Crippen molar-refractivity contribution in [3.8, 4) is 5.88 Å². The number of halogens is 1. The predicted molar refractivity (Wildman–Crippen MR) is 91.0 cm³/mol. The minimum absolute atomic E-state index is 0.0203. The summed E-state index contributed by atoms with van der Waals surface area (Å²) >= 11 is 5.97. The molecule has 1 atom stereocenters. The number of pyridine rings is 1. The second-order valence-corrected chi connectivity index (χ2v) is 7.85. The highest BCUT2D eigenvalue weighted by atomic mass is 35.5. The number of likely N-dealkylation sites (N-methyl/N-ethyl adjacent to an activating group) is 1. The maximum Gasteiger partial charge on any atom is 0.239 e. The van der Waals surface area contributed by atoms with Gasteiger partial charge in [0.05, 0.1) is 25.9 Å². The van der Waals surface area contributed by atoms with Crippen LogP contribution in [-0.4, -0.2) is 82.2 Å². The zero-order valence-corrected chi connectivity index (χ0v) is 15.6. The van der Waals surface area contributed by atoms with Crippen LogP contribution in [0.3, 0.4) is 0 Å². The van der Waals surface area contributed by atoms with Crippen molar-refractivity contribution in [1.29, 1.82) is 0 Å². The van der Waals surface area contributed by atoms with Crippen LogP contribution in [0.5, 0.6) is 5.88 Å². The van der Waals surface area contributed by atoms with Crippen LogP contribution in [-0.2, 0) is 19.6 Å². The number of primary sulfonamides is 1. The standard InChI is InChI=1S/C14H21ClN4O5S/c1-18(2)8-13(20)19-3-4-23-10(7-19)9-24-14-12(15)5-11(6-17-14)25(16,21)22/h5-6,10H,3-4,7-9H2,1-2H3,(H2,16,21,22)/t10-/m1/s1. The average Bonchev–Trinajstić information content (AvgIpc) is 2.52. The largest absolute Gasteiger partial charge is 0.474 e. The summed E-state index contributed by atoms with van der Waals surface area (Å²) in [6.07, 6.45) is 0.751. The van der Waals surface area contributed by atoms with Crippen LogP contribution in [0.4, 0.5) is 0 Å². The summed E-state index contributed by atoms with van der Waals surface area (Å²) in [5.74, 6) is 0.0985. The molecule has 11 heteroatoms. The summed E-state index contributed by atoms with van der Waals surface area (Å²) in [6.45, 7) is 1.81. The molecule has 1 amide bonds. The van der Waals surface area contributed by atoms with Crippen LogP contribution in [0.15, 0.2) is 17.2 Å². The molecule has 2 rings (SSSR count). The number of sulfonamides is 1. The van der Waals surface area contributed by atoms with Crippen LogP contribution in [0.1, 0.15) is 0 Å². The van der Waals surface area contributed by atoms with Gasteiger partial charge in [-0.25, -0.2) is 18.5 Å². The monoisotopic (exact) mass is 392 g/mol. The van der Waals surface area contributed by atoms with E-state index in [4.69, 9.17) is 26.2 Å². The van der Waals surface area contributed by atoms with Crippen molar-refractivity contribution in [2.75, 3.05) is 46.9 Å². The molecule has 1 aliphatic heterocycles. The number of nitrogens with zero attached hydrogens (tertiary/aromatic N) is 3. The Labute approximate surface area is 151 Å². The lowest BCUT2D eigenvalue weighted by Crippen LogP contribution is -2.49. The summed E-state index contributed by atoms with van der Waals surface area (Å²) in [6, 6.07) is 1.17. The molecule has 0 aliphatic carbocycles. The number of amides is 1. The molecule has 9 nitrogen and oxygen atoms in total. The van der Waals surface area contributed by atoms with E-state index in [9.17, 15) is 13.2 Å². The second kappa shape index (κ2) is 8.28. The highest BCUT2D eigenvalue weighted by molar-refractivity contribution is 7.89. The summed E-state index contributed by atoms with van der Waals surface area (Å²) in [5.41, 5.74) is 0. The number of aromatic nitrogens is 1. The van der Waals surface area contributed by atoms with E-state index in [1.165, 1.54) is 6.07 Å². The number of hydrogen-bond acceptors (Lipinski definition) is 7. The lowest BCUT2D eigenvalue weighted by atomic mass is 10.2. The quantitative estimate of drug-likeness (QED) is 0.697. The van der Waals surface area contributed by atoms with Crippen molar-refractivity contribution in [3.63, 3.8) is 0 Å². The van der Waals surface area contributed by atoms with Crippen molar-refractivity contribution in [1.82, 2.24) is 14.8 Å². The van der Waals surface area contributed by atoms with Gasteiger partial charge in [0.25, 0.3) is 0 Å². The van der Waals surface area contributed by atoms with Crippen molar-refractivity contribution >= 4 is 27.5 Å². The fraction of sp³-hybridized carbons (Fsp3) is 0.571. The topological polar surface area (TPSA) is 115 Å². The van der Waals surface area contributed by atoms with Gasteiger partial charge in [0.1, 0.15) is 22.6 Å². The number of nitrogens with two attached hydrogens (primary N) is 1. The number of morpholine rings is 1. The third-order valence-corrected chi connectivity index (χ3v) is 4.61. The average molecular weight is 393 g/mol. The third kappa shape index (κ3) is 5.79. The zero-order valence-electron chi connectivity index (χ0n) is 14.0. The molecular formula is C14H21ClN4O5S. The van der Waals surface area contributed by atoms with Crippen LogP contribution in [0.2, 0.25) is 5.02 Å². The van der Waals surface area contributed by atoms with Crippen molar-refractivity contribution in [2.24, 2.45) is 5.14 Å². The van der Waals surface area contributed by atoms with Crippen LogP contribution in [0.25, 0.3) is 0 Å². The molecule has 1 aliphatic rings. The van der Waals surface area contributed by atoms with Gasteiger partial charge in [0.15, 0.2) is 0 Å². The summed E-state index contributed by atoms with van der Waals surface area (Å²) < 4.78 is 33.6. The van der Waals surface area contributed by atoms with E-state index in [1.807, 2.05) is 14.1 Å². The third-order valence-electron chi connectivity index (χ3n) is 3.46. The number of carbonyl (C=O) groups excluding carboxylic acids is 1. The maximum atomic E-state index is 12.1. The molecule has 0 saturated carbocycles. The number of carbonyl (C=O) groups is 1. The maximum absolute atomic E-state index is 12.1. The molecule has 25 heavy (non-hydrogen) atoms. The van der Waals surface area contributed by atoms with Crippen molar-refractivity contribution in [2.45, 2.75) is 11.0 Å². The Morgan fingerprint density at radius 2 is 2.28 bits per heavy atom. The Bertz CT molecular complexity index is 728. The molecule has 1 aromatic rings. The van der Waals surface area contributed by atoms with Crippen LogP contribution >= 0.6 is 11.6 Å². The lowest BCUT2D eigenvalue weighted by Gasteiger charge is -2.33. The molecule has 1 fully saturated rings. The second-order valence-electron chi connectivity index (χ2n) is 5.88. The van der Waals surface area contributed by atoms with Gasteiger partial charge in [-0.2, -0.15) is 0 Å². The van der Waals surface area contributed by atoms with Crippen LogP contribution in [0, 0.1) is 0 Å². The van der Waals surface area contributed by atoms with E-state index in [1.54, 1.807) is 9.80 Å². The minimum atomic E-state index is -3.88. The molecule has 0 unspecified atom stereocenters. The van der Waals surface area contributed by atoms with E-state index in [0.717, 1.165) is 6.20 Å². The molecule has 0 aromatic carbocycles. The zero-order chi connectivity index (χ0) is 18.6. The Morgan fingerprint density at radius 3 is 2.88 bits per heavy atom. The van der Waals surface area contributed by atoms with Gasteiger partial charge in [-0.3, -0.25) is 4.79 Å². The Hall–Kier alpha value is -1.46. The van der Waals surface area contributed by atoms with Gasteiger partial charge in [-0.05, 0) is 20.2 Å². The molecule has 1 aromatic heterocycles. The Balaban J connectivity index is 1.94. The SMILES string of the molecule is CN(C)CC(=O)N1CCO[C@@H](COc2ncc(S(N)(=O)=O)cc2Cl)C1. The predicted octanol–water partition coefficient (Wildman–Crippen LogP) is -0.450. The number of rotatable bonds is 6. The van der Waals surface area contributed by atoms with E-state index in [2.05, 4.69) is 4.98 Å². The molecule has 0 bridgehead atoms. The lowest BCUT2D eigenvalue weighted by molar-refractivity contribution is -0.140. The Morgan fingerprint density at radius 1 is 1.56 bits per heavy atom. The first-order valence-electron chi connectivity index (χ1n) is 7.52. The first-order chi connectivity index (χ1) is 11.7. The van der Waals surface area contributed by atoms with Crippen molar-refractivity contribution in [3.05, 3.63) is 17.3 Å². The van der Waals surface area contributed by atoms with Crippen molar-refractivity contribution < 1.29 is 22.7 Å². The van der Waals surface area contributed by atoms with E-state index in [-0.39, 0.29) is 34.4 Å². The normalized spacial score (nSPS) is 18.4. The highest BCUT2D eigenvalue weighted by Gasteiger charge is 2.25. The van der Waals surface area contributed by atoms with E-state index >= 15 is 0 Å². The number of hydrogen-bond donors (Lipinski definition) is 1. The molecule has 140 valence electrons. The summed E-state index contributed by atoms with van der Waals surface area (Å²) in [4.78, 5) is 19.3. The van der Waals surface area contributed by atoms with Gasteiger partial charge in [-0.15, -0.1) is 0 Å². The van der Waals surface area contributed by atoms with E-state index in [0.29, 0.717) is 26.2 Å². The number of ether oxygens (including phenoxy) is 2. The van der Waals surface area contributed by atoms with Gasteiger partial charge in [0.2, 0.25) is 21.8 Å². The van der Waals surface area contributed by atoms with Gasteiger partial charge < -0.3 is 19.3 Å².